The number of hydrogen-bond acceptors (Lipinski definition) is 12. The Bertz CT molecular complexity index is 1750. The van der Waals surface area contributed by atoms with Crippen LogP contribution in [0.2, 0.25) is 0 Å². The molecular weight excluding hydrogens is 706 g/mol. The first kappa shape index (κ1) is 42.4. The molecule has 3 aliphatic rings. The van der Waals surface area contributed by atoms with Crippen molar-refractivity contribution in [2.45, 2.75) is 129 Å². The van der Waals surface area contributed by atoms with E-state index in [0.29, 0.717) is 6.42 Å². The normalized spacial score (nSPS) is 38.1. The zero-order valence-electron chi connectivity index (χ0n) is 33.8. The summed E-state index contributed by atoms with van der Waals surface area (Å²) in [7, 11) is 3.74. The number of esters is 1. The third kappa shape index (κ3) is 8.96. The van der Waals surface area contributed by atoms with Gasteiger partial charge in [0.1, 0.15) is 23.9 Å². The molecule has 0 saturated carbocycles. The highest BCUT2D eigenvalue weighted by molar-refractivity contribution is 6.00. The molecule has 1 amide bonds. The molecule has 55 heavy (non-hydrogen) atoms. The third-order valence-corrected chi connectivity index (χ3v) is 11.9. The van der Waals surface area contributed by atoms with Crippen LogP contribution >= 0.6 is 0 Å². The van der Waals surface area contributed by atoms with E-state index in [1.807, 2.05) is 68.4 Å². The average Bonchev–Trinajstić information content (AvgIpc) is 3.47. The van der Waals surface area contributed by atoms with E-state index in [1.54, 1.807) is 47.7 Å². The Morgan fingerprint density at radius 1 is 1.04 bits per heavy atom. The van der Waals surface area contributed by atoms with E-state index >= 15 is 0 Å². The van der Waals surface area contributed by atoms with Crippen LogP contribution in [0, 0.1) is 23.7 Å². The number of nitrogens with one attached hydrogen (secondary N) is 1. The van der Waals surface area contributed by atoms with Crippen LogP contribution in [-0.2, 0) is 38.1 Å². The lowest BCUT2D eigenvalue weighted by atomic mass is 9.73. The van der Waals surface area contributed by atoms with E-state index in [0.717, 1.165) is 16.5 Å². The molecule has 0 bridgehead atoms. The Labute approximate surface area is 324 Å². The number of cyclic esters (lactones) is 1. The SMILES string of the molecule is CC[C@H]1OC(=O)[C@H](C)C(=O)[C@H](C)[C@@H](O[C@@H]2O[C@H](C)C[C@H](N(C)C)[C@H]2O)[C@](C)(OC/C=C/c2cnc3ccccc3c2)C[C@@H](C)C(=O)[C@H](C)[C@@H]2NC(=O)O[C@]12C. The quantitative estimate of drug-likeness (QED) is 0.270. The van der Waals surface area contributed by atoms with Crippen molar-refractivity contribution in [2.24, 2.45) is 23.7 Å². The highest BCUT2D eigenvalue weighted by atomic mass is 16.7. The number of aromatic nitrogens is 1. The smallest absolute Gasteiger partial charge is 0.408 e. The zero-order chi connectivity index (χ0) is 40.4. The molecule has 2 N–H and O–H groups in total. The summed E-state index contributed by atoms with van der Waals surface area (Å²) in [5.74, 6) is -5.12. The van der Waals surface area contributed by atoms with Crippen molar-refractivity contribution in [1.29, 1.82) is 0 Å². The lowest BCUT2D eigenvalue weighted by Gasteiger charge is -2.47. The summed E-state index contributed by atoms with van der Waals surface area (Å²) in [6.07, 6.45) is 1.12. The topological polar surface area (TPSA) is 163 Å². The van der Waals surface area contributed by atoms with Gasteiger partial charge in [0.25, 0.3) is 0 Å². The van der Waals surface area contributed by atoms with Gasteiger partial charge in [-0.1, -0.05) is 58.0 Å². The molecule has 3 fully saturated rings. The maximum atomic E-state index is 14.4. The van der Waals surface area contributed by atoms with Gasteiger partial charge in [-0.3, -0.25) is 19.4 Å². The summed E-state index contributed by atoms with van der Waals surface area (Å²) in [4.78, 5) is 61.8. The molecule has 302 valence electrons. The number of ketones is 2. The monoisotopic (exact) mass is 765 g/mol. The number of pyridine rings is 1. The number of para-hydroxylation sites is 1. The van der Waals surface area contributed by atoms with Crippen LogP contribution in [0.3, 0.4) is 0 Å². The molecule has 2 aromatic rings. The first-order valence-electron chi connectivity index (χ1n) is 19.5. The van der Waals surface area contributed by atoms with Gasteiger partial charge in [0.15, 0.2) is 17.7 Å². The van der Waals surface area contributed by atoms with Crippen LogP contribution in [0.5, 0.6) is 0 Å². The van der Waals surface area contributed by atoms with Gasteiger partial charge < -0.3 is 39.0 Å². The molecule has 3 saturated heterocycles. The molecule has 0 spiro atoms. The van der Waals surface area contributed by atoms with Crippen LogP contribution in [0.25, 0.3) is 17.0 Å². The molecular formula is C42H59N3O10. The highest BCUT2D eigenvalue weighted by Crippen LogP contribution is 2.40. The van der Waals surface area contributed by atoms with E-state index in [9.17, 15) is 24.3 Å². The van der Waals surface area contributed by atoms with Crippen molar-refractivity contribution in [1.82, 2.24) is 15.2 Å². The Kier molecular flexibility index (Phi) is 13.2. The standard InChI is InChI=1S/C42H59N3O10/c1-11-32-42(8)36(44-40(50)55-42)25(4)33(46)23(2)21-41(7,51-18-14-15-28-20-29-16-12-13-17-30(29)43-22-28)37(26(5)34(47)27(6)38(49)53-32)54-39-35(48)31(45(9)10)19-24(3)52-39/h12-17,20,22-27,31-32,35-37,39,48H,11,18-19,21H2,1-10H3,(H,44,50)/b15-14+/t23-,24-,25+,26+,27-,31+,32-,35-,36+,37-,39+,41-,42-/m1/s1. The first-order chi connectivity index (χ1) is 25.9. The van der Waals surface area contributed by atoms with Crippen LogP contribution in [0.15, 0.2) is 42.6 Å². The minimum Gasteiger partial charge on any atom is -0.458 e. The molecule has 13 nitrogen and oxygen atoms in total. The fraction of sp³-hybridized carbons (Fsp3) is 0.643. The van der Waals surface area contributed by atoms with Crippen LogP contribution in [0.1, 0.15) is 80.2 Å². The van der Waals surface area contributed by atoms with Gasteiger partial charge in [-0.2, -0.15) is 0 Å². The lowest BCUT2D eigenvalue weighted by molar-refractivity contribution is -0.296. The van der Waals surface area contributed by atoms with Crippen LogP contribution in [0.4, 0.5) is 4.79 Å². The Morgan fingerprint density at radius 3 is 2.44 bits per heavy atom. The molecule has 4 heterocycles. The third-order valence-electron chi connectivity index (χ3n) is 11.9. The zero-order valence-corrected chi connectivity index (χ0v) is 33.8. The number of rotatable bonds is 8. The van der Waals surface area contributed by atoms with E-state index in [2.05, 4.69) is 10.3 Å². The second kappa shape index (κ2) is 17.2. The minimum absolute atomic E-state index is 0.0612. The van der Waals surface area contributed by atoms with Gasteiger partial charge in [0.05, 0.1) is 36.0 Å². The predicted octanol–water partition coefficient (Wildman–Crippen LogP) is 5.11. The van der Waals surface area contributed by atoms with E-state index in [-0.39, 0.29) is 37.4 Å². The highest BCUT2D eigenvalue weighted by Gasteiger charge is 2.57. The molecule has 13 atom stereocenters. The van der Waals surface area contributed by atoms with Crippen molar-refractivity contribution < 1.29 is 48.0 Å². The van der Waals surface area contributed by atoms with Crippen molar-refractivity contribution in [2.75, 3.05) is 20.7 Å². The summed E-state index contributed by atoms with van der Waals surface area (Å²) < 4.78 is 31.4. The van der Waals surface area contributed by atoms with Gasteiger partial charge in [0, 0.05) is 35.4 Å². The second-order valence-electron chi connectivity index (χ2n) is 16.4. The Morgan fingerprint density at radius 2 is 1.75 bits per heavy atom. The van der Waals surface area contributed by atoms with Crippen molar-refractivity contribution in [3.8, 4) is 0 Å². The summed E-state index contributed by atoms with van der Waals surface area (Å²) >= 11 is 0. The number of amides is 1. The van der Waals surface area contributed by atoms with E-state index in [1.165, 1.54) is 6.92 Å². The summed E-state index contributed by atoms with van der Waals surface area (Å²) in [5, 5.41) is 15.4. The van der Waals surface area contributed by atoms with Gasteiger partial charge in [-0.05, 0) is 78.7 Å². The largest absolute Gasteiger partial charge is 0.458 e. The minimum atomic E-state index is -1.38. The number of alkyl carbamates (subject to hydrolysis) is 1. The lowest BCUT2D eigenvalue weighted by Crippen LogP contribution is -2.60. The number of nitrogens with zero attached hydrogens (tertiary/aromatic N) is 2. The van der Waals surface area contributed by atoms with Crippen molar-refractivity contribution >= 4 is 40.6 Å². The molecule has 1 aromatic heterocycles. The Hall–Kier alpha value is -3.75. The first-order valence-corrected chi connectivity index (χ1v) is 19.5. The number of aliphatic hydroxyl groups is 1. The maximum Gasteiger partial charge on any atom is 0.408 e. The van der Waals surface area contributed by atoms with E-state index < -0.39 is 83.4 Å². The van der Waals surface area contributed by atoms with Crippen molar-refractivity contribution in [3.05, 3.63) is 48.2 Å². The number of carbonyl (C=O) groups is 4. The van der Waals surface area contributed by atoms with E-state index in [4.69, 9.17) is 23.7 Å². The van der Waals surface area contributed by atoms with Gasteiger partial charge in [-0.25, -0.2) is 4.79 Å². The summed E-state index contributed by atoms with van der Waals surface area (Å²) in [5.41, 5.74) is -1.00. The van der Waals surface area contributed by atoms with Crippen molar-refractivity contribution in [3.63, 3.8) is 0 Å². The average molecular weight is 766 g/mol. The van der Waals surface area contributed by atoms with Crippen LogP contribution < -0.4 is 5.32 Å². The maximum absolute atomic E-state index is 14.4. The molecule has 1 aromatic carbocycles. The molecule has 5 rings (SSSR count). The molecule has 13 heteroatoms. The number of aliphatic hydroxyl groups excluding tert-OH is 1. The molecule has 0 radical (unpaired) electrons. The molecule has 3 aliphatic heterocycles. The molecule has 0 unspecified atom stereocenters. The summed E-state index contributed by atoms with van der Waals surface area (Å²) in [6.45, 7) is 13.8. The fourth-order valence-electron chi connectivity index (χ4n) is 8.73. The van der Waals surface area contributed by atoms with Crippen LogP contribution in [-0.4, -0.2) is 113 Å². The Balaban J connectivity index is 1.56. The number of Topliss-reactive ketones (excluding diaryl/α,β-unsaturated/α-hetero) is 2. The van der Waals surface area contributed by atoms with Gasteiger partial charge in [-0.15, -0.1) is 0 Å². The predicted molar refractivity (Wildman–Crippen MR) is 206 cm³/mol. The molecule has 0 aliphatic carbocycles. The number of fused-ring (bicyclic) bond motifs is 2. The fourth-order valence-corrected chi connectivity index (χ4v) is 8.73. The second-order valence-corrected chi connectivity index (χ2v) is 16.4. The number of benzene rings is 1. The number of carbonyl (C=O) groups excluding carboxylic acids is 4. The van der Waals surface area contributed by atoms with Gasteiger partial charge >= 0.3 is 12.1 Å². The number of ether oxygens (including phenoxy) is 5. The summed E-state index contributed by atoms with van der Waals surface area (Å²) in [6, 6.07) is 8.70. The number of likely N-dealkylation sites (N-methyl/N-ethyl adjacent to an activating group) is 1. The number of hydrogen-bond donors (Lipinski definition) is 2. The van der Waals surface area contributed by atoms with Gasteiger partial charge in [0.2, 0.25) is 0 Å².